The Morgan fingerprint density at radius 2 is 1.11 bits per heavy atom. The quantitative estimate of drug-likeness (QED) is 0.152. The first-order valence-electron chi connectivity index (χ1n) is 15.5. The first kappa shape index (κ1) is 30.2. The average molecular weight is 633 g/mol. The highest BCUT2D eigenvalue weighted by atomic mass is 32.1. The maximum absolute atomic E-state index is 12.5. The van der Waals surface area contributed by atoms with Crippen molar-refractivity contribution >= 4 is 39.5 Å². The molecule has 5 nitrogen and oxygen atoms in total. The standard InChI is InChI=1S/C41H32N2O3S/c1-27(41(44)47)36-9-6-10-37(28-15-21-34(22-16-28)45-25-32-19-13-29-7-2-4-11-38(29)42-32)40(36)31-17-23-35(24-18-31)46-26-33-20-14-30-8-3-5-12-39(30)43-33/h2-24,27H,25-26H2,1H3,(H,44,47). The summed E-state index contributed by atoms with van der Waals surface area (Å²) in [4.78, 5) is 21.9. The molecule has 2 aromatic heterocycles. The van der Waals surface area contributed by atoms with E-state index < -0.39 is 0 Å². The van der Waals surface area contributed by atoms with Gasteiger partial charge >= 0.3 is 0 Å². The largest absolute Gasteiger partial charge is 0.487 e. The van der Waals surface area contributed by atoms with Crippen LogP contribution in [0.3, 0.4) is 0 Å². The van der Waals surface area contributed by atoms with Crippen molar-refractivity contribution in [2.24, 2.45) is 0 Å². The number of rotatable bonds is 10. The highest BCUT2D eigenvalue weighted by Crippen LogP contribution is 2.40. The molecule has 1 unspecified atom stereocenters. The zero-order valence-electron chi connectivity index (χ0n) is 25.8. The molecule has 0 saturated heterocycles. The molecule has 0 spiro atoms. The third-order valence-corrected chi connectivity index (χ3v) is 8.71. The van der Waals surface area contributed by atoms with Crippen molar-refractivity contribution in [1.29, 1.82) is 0 Å². The molecule has 0 N–H and O–H groups in total. The number of aromatic nitrogens is 2. The van der Waals surface area contributed by atoms with Gasteiger partial charge in [-0.05, 0) is 76.3 Å². The predicted octanol–water partition coefficient (Wildman–Crippen LogP) is 9.83. The van der Waals surface area contributed by atoms with E-state index in [0.717, 1.165) is 72.5 Å². The molecule has 6 heteroatoms. The van der Waals surface area contributed by atoms with Gasteiger partial charge in [0.2, 0.25) is 0 Å². The molecular weight excluding hydrogens is 601 g/mol. The number of fused-ring (bicyclic) bond motifs is 2. The minimum Gasteiger partial charge on any atom is -0.487 e. The number of hydrogen-bond donors (Lipinski definition) is 1. The van der Waals surface area contributed by atoms with Gasteiger partial charge in [0.15, 0.2) is 5.12 Å². The molecule has 7 aromatic rings. The van der Waals surface area contributed by atoms with Crippen LogP contribution in [0.2, 0.25) is 0 Å². The summed E-state index contributed by atoms with van der Waals surface area (Å²) in [5, 5.41) is 2.02. The van der Waals surface area contributed by atoms with Crippen LogP contribution in [0.4, 0.5) is 0 Å². The topological polar surface area (TPSA) is 61.3 Å². The zero-order valence-corrected chi connectivity index (χ0v) is 26.7. The predicted molar refractivity (Wildman–Crippen MR) is 192 cm³/mol. The van der Waals surface area contributed by atoms with Gasteiger partial charge in [-0.3, -0.25) is 4.79 Å². The summed E-state index contributed by atoms with van der Waals surface area (Å²) in [7, 11) is 0. The smallest absolute Gasteiger partial charge is 0.193 e. The first-order valence-corrected chi connectivity index (χ1v) is 16.0. The number of nitrogens with zero attached hydrogens (tertiary/aromatic N) is 2. The summed E-state index contributed by atoms with van der Waals surface area (Å²) in [5.41, 5.74) is 8.54. The van der Waals surface area contributed by atoms with Gasteiger partial charge in [-0.25, -0.2) is 9.97 Å². The maximum Gasteiger partial charge on any atom is 0.193 e. The minimum absolute atomic E-state index is 0.183. The Bertz CT molecular complexity index is 2200. The zero-order chi connectivity index (χ0) is 32.2. The second kappa shape index (κ2) is 13.5. The fourth-order valence-electron chi connectivity index (χ4n) is 5.77. The molecule has 2 heterocycles. The van der Waals surface area contributed by atoms with E-state index in [0.29, 0.717) is 13.2 Å². The van der Waals surface area contributed by atoms with Gasteiger partial charge < -0.3 is 9.47 Å². The van der Waals surface area contributed by atoms with Gasteiger partial charge in [0.1, 0.15) is 24.7 Å². The fourth-order valence-corrected chi connectivity index (χ4v) is 5.91. The number of pyridine rings is 2. The normalized spacial score (nSPS) is 11.8. The number of carbonyl (C=O) groups is 1. The lowest BCUT2D eigenvalue weighted by Crippen LogP contribution is -2.05. The maximum atomic E-state index is 12.5. The van der Waals surface area contributed by atoms with E-state index in [-0.39, 0.29) is 11.0 Å². The molecule has 0 bridgehead atoms. The van der Waals surface area contributed by atoms with Crippen LogP contribution in [0.15, 0.2) is 140 Å². The van der Waals surface area contributed by atoms with E-state index >= 15 is 0 Å². The SMILES string of the molecule is CC(C(=O)S)c1cccc(-c2ccc(OCc3ccc4ccccc4n3)cc2)c1-c1ccc(OCc2ccc3ccccc3n2)cc1. The van der Waals surface area contributed by atoms with E-state index in [2.05, 4.69) is 36.9 Å². The Morgan fingerprint density at radius 3 is 1.64 bits per heavy atom. The number of benzene rings is 5. The molecular formula is C41H32N2O3S. The molecule has 7 rings (SSSR count). The molecule has 230 valence electrons. The van der Waals surface area contributed by atoms with Gasteiger partial charge in [0.05, 0.1) is 28.3 Å². The number of carbonyl (C=O) groups excluding carboxylic acids is 1. The molecule has 0 saturated carbocycles. The van der Waals surface area contributed by atoms with Gasteiger partial charge in [0, 0.05) is 10.8 Å². The Balaban J connectivity index is 1.12. The molecule has 0 fully saturated rings. The second-order valence-corrected chi connectivity index (χ2v) is 11.9. The van der Waals surface area contributed by atoms with Crippen molar-refractivity contribution in [3.8, 4) is 33.8 Å². The van der Waals surface area contributed by atoms with Crippen LogP contribution in [0, 0.1) is 0 Å². The molecule has 5 aromatic carbocycles. The van der Waals surface area contributed by atoms with Crippen LogP contribution in [-0.2, 0) is 18.0 Å². The Hall–Kier alpha value is -5.46. The summed E-state index contributed by atoms with van der Waals surface area (Å²) >= 11 is 4.19. The highest BCUT2D eigenvalue weighted by molar-refractivity contribution is 7.96. The minimum atomic E-state index is -0.389. The molecule has 0 aliphatic carbocycles. The molecule has 0 aliphatic rings. The van der Waals surface area contributed by atoms with Crippen molar-refractivity contribution < 1.29 is 14.3 Å². The molecule has 1 atom stereocenters. The Morgan fingerprint density at radius 1 is 0.596 bits per heavy atom. The Labute approximate surface area is 279 Å². The van der Waals surface area contributed by atoms with E-state index in [4.69, 9.17) is 19.4 Å². The van der Waals surface area contributed by atoms with Gasteiger partial charge in [-0.2, -0.15) is 0 Å². The Kier molecular flexibility index (Phi) is 8.67. The molecule has 0 aliphatic heterocycles. The number of ether oxygens (including phenoxy) is 2. The fraction of sp³-hybridized carbons (Fsp3) is 0.0976. The van der Waals surface area contributed by atoms with Crippen LogP contribution in [-0.4, -0.2) is 15.1 Å². The lowest BCUT2D eigenvalue weighted by Gasteiger charge is -2.19. The van der Waals surface area contributed by atoms with Crippen LogP contribution in [0.1, 0.15) is 29.8 Å². The molecule has 0 radical (unpaired) electrons. The number of para-hydroxylation sites is 2. The van der Waals surface area contributed by atoms with E-state index in [9.17, 15) is 4.79 Å². The van der Waals surface area contributed by atoms with Crippen molar-refractivity contribution in [2.45, 2.75) is 26.1 Å². The van der Waals surface area contributed by atoms with Crippen LogP contribution in [0.25, 0.3) is 44.1 Å². The van der Waals surface area contributed by atoms with Gasteiger partial charge in [-0.1, -0.05) is 97.9 Å². The van der Waals surface area contributed by atoms with Crippen molar-refractivity contribution in [3.63, 3.8) is 0 Å². The number of hydrogen-bond acceptors (Lipinski definition) is 5. The van der Waals surface area contributed by atoms with Crippen molar-refractivity contribution in [1.82, 2.24) is 9.97 Å². The number of thiol groups is 1. The van der Waals surface area contributed by atoms with Crippen molar-refractivity contribution in [2.75, 3.05) is 0 Å². The van der Waals surface area contributed by atoms with E-state index in [1.165, 1.54) is 0 Å². The average Bonchev–Trinajstić information content (AvgIpc) is 3.12. The van der Waals surface area contributed by atoms with Crippen LogP contribution >= 0.6 is 12.6 Å². The van der Waals surface area contributed by atoms with Crippen LogP contribution < -0.4 is 9.47 Å². The molecule has 0 amide bonds. The summed E-state index contributed by atoms with van der Waals surface area (Å²) in [6, 6.07) is 46.3. The lowest BCUT2D eigenvalue weighted by molar-refractivity contribution is -0.111. The third-order valence-electron chi connectivity index (χ3n) is 8.33. The second-order valence-electron chi connectivity index (χ2n) is 11.4. The summed E-state index contributed by atoms with van der Waals surface area (Å²) < 4.78 is 12.2. The molecule has 47 heavy (non-hydrogen) atoms. The van der Waals surface area contributed by atoms with E-state index in [1.807, 2.05) is 122 Å². The van der Waals surface area contributed by atoms with E-state index in [1.54, 1.807) is 0 Å². The van der Waals surface area contributed by atoms with Crippen LogP contribution in [0.5, 0.6) is 11.5 Å². The summed E-state index contributed by atoms with van der Waals surface area (Å²) in [5.74, 6) is 1.10. The highest BCUT2D eigenvalue weighted by Gasteiger charge is 2.20. The monoisotopic (exact) mass is 632 g/mol. The summed E-state index contributed by atoms with van der Waals surface area (Å²) in [6.45, 7) is 2.63. The lowest BCUT2D eigenvalue weighted by atomic mass is 9.86. The third kappa shape index (κ3) is 6.74. The first-order chi connectivity index (χ1) is 23.0. The van der Waals surface area contributed by atoms with Gasteiger partial charge in [0.25, 0.3) is 0 Å². The van der Waals surface area contributed by atoms with Gasteiger partial charge in [-0.15, -0.1) is 12.6 Å². The van der Waals surface area contributed by atoms with Crippen molar-refractivity contribution in [3.05, 3.63) is 156 Å². The summed E-state index contributed by atoms with van der Waals surface area (Å²) in [6.07, 6.45) is 0.